The molecule has 0 N–H and O–H groups in total. The topological polar surface area (TPSA) is 74.3 Å². The third-order valence-corrected chi connectivity index (χ3v) is 4.35. The van der Waals surface area contributed by atoms with E-state index in [1.807, 2.05) is 13.8 Å². The van der Waals surface area contributed by atoms with Crippen LogP contribution in [0.1, 0.15) is 26.3 Å². The predicted molar refractivity (Wildman–Crippen MR) is 101 cm³/mol. The smallest absolute Gasteiger partial charge is 0.340 e. The minimum Gasteiger partial charge on any atom is -0.493 e. The van der Waals surface area contributed by atoms with Crippen molar-refractivity contribution in [3.05, 3.63) is 34.5 Å². The Labute approximate surface area is 159 Å². The molecule has 146 valence electrons. The highest BCUT2D eigenvalue weighted by atomic mass is 16.5. The Hall–Kier alpha value is -2.96. The van der Waals surface area contributed by atoms with Crippen molar-refractivity contribution in [2.45, 2.75) is 26.8 Å². The Morgan fingerprint density at radius 2 is 1.59 bits per heavy atom. The second-order valence-electron chi connectivity index (χ2n) is 6.24. The van der Waals surface area contributed by atoms with Crippen LogP contribution in [0.3, 0.4) is 0 Å². The molecule has 1 heterocycles. The minimum atomic E-state index is -0.553. The van der Waals surface area contributed by atoms with Gasteiger partial charge in [-0.3, -0.25) is 4.79 Å². The highest BCUT2D eigenvalue weighted by Gasteiger charge is 2.38. The van der Waals surface area contributed by atoms with Gasteiger partial charge < -0.3 is 23.8 Å². The fourth-order valence-corrected chi connectivity index (χ4v) is 3.17. The summed E-state index contributed by atoms with van der Waals surface area (Å²) in [6.07, 6.45) is 1.63. The molecule has 27 heavy (non-hydrogen) atoms. The summed E-state index contributed by atoms with van der Waals surface area (Å²) in [7, 11) is 5.84. The molecule has 0 saturated carbocycles. The molecule has 0 radical (unpaired) electrons. The van der Waals surface area contributed by atoms with Gasteiger partial charge in [0.25, 0.3) is 5.91 Å². The number of nitrogens with zero attached hydrogens (tertiary/aromatic N) is 1. The van der Waals surface area contributed by atoms with Crippen molar-refractivity contribution in [1.29, 1.82) is 0 Å². The number of esters is 1. The van der Waals surface area contributed by atoms with Gasteiger partial charge in [0, 0.05) is 11.7 Å². The largest absolute Gasteiger partial charge is 0.493 e. The number of carbonyl (C=O) groups excluding carboxylic acids is 2. The number of amides is 1. The first-order chi connectivity index (χ1) is 12.8. The van der Waals surface area contributed by atoms with Gasteiger partial charge in [-0.25, -0.2) is 4.79 Å². The summed E-state index contributed by atoms with van der Waals surface area (Å²) in [4.78, 5) is 26.8. The summed E-state index contributed by atoms with van der Waals surface area (Å²) in [5.41, 5.74) is 1.72. The summed E-state index contributed by atoms with van der Waals surface area (Å²) in [5, 5.41) is 0. The summed E-state index contributed by atoms with van der Waals surface area (Å²) in [6.45, 7) is 5.51. The molecule has 2 rings (SSSR count). The number of rotatable bonds is 6. The molecule has 1 aliphatic heterocycles. The Bertz CT molecular complexity index is 797. The second-order valence-corrected chi connectivity index (χ2v) is 6.24. The van der Waals surface area contributed by atoms with E-state index in [-0.39, 0.29) is 23.1 Å². The van der Waals surface area contributed by atoms with E-state index in [2.05, 4.69) is 0 Å². The van der Waals surface area contributed by atoms with Crippen molar-refractivity contribution in [2.24, 2.45) is 0 Å². The first kappa shape index (κ1) is 20.4. The number of carbonyl (C=O) groups is 2. The normalized spacial score (nSPS) is 15.6. The summed E-state index contributed by atoms with van der Waals surface area (Å²) < 4.78 is 20.9. The van der Waals surface area contributed by atoms with E-state index in [9.17, 15) is 9.59 Å². The molecule has 0 unspecified atom stereocenters. The van der Waals surface area contributed by atoms with Gasteiger partial charge >= 0.3 is 5.97 Å². The number of hydrogen-bond acceptors (Lipinski definition) is 6. The van der Waals surface area contributed by atoms with Crippen LogP contribution in [0.4, 0.5) is 0 Å². The van der Waals surface area contributed by atoms with Gasteiger partial charge in [-0.15, -0.1) is 0 Å². The molecule has 0 saturated heterocycles. The molecule has 0 fully saturated rings. The highest BCUT2D eigenvalue weighted by Crippen LogP contribution is 2.40. The highest BCUT2D eigenvalue weighted by molar-refractivity contribution is 6.16. The molecular formula is C20H25NO6. The fraction of sp³-hybridized carbons (Fsp3) is 0.400. The molecule has 0 spiro atoms. The molecule has 1 aliphatic rings. The van der Waals surface area contributed by atoms with Gasteiger partial charge in [0.15, 0.2) is 11.5 Å². The van der Waals surface area contributed by atoms with E-state index in [4.69, 9.17) is 18.9 Å². The molecule has 0 aliphatic carbocycles. The molecule has 0 bridgehead atoms. The maximum Gasteiger partial charge on any atom is 0.340 e. The van der Waals surface area contributed by atoms with Gasteiger partial charge in [-0.2, -0.15) is 0 Å². The van der Waals surface area contributed by atoms with Crippen molar-refractivity contribution in [2.75, 3.05) is 28.4 Å². The third kappa shape index (κ3) is 3.63. The van der Waals surface area contributed by atoms with Gasteiger partial charge in [-0.1, -0.05) is 0 Å². The van der Waals surface area contributed by atoms with Crippen molar-refractivity contribution < 1.29 is 28.5 Å². The lowest BCUT2D eigenvalue weighted by Gasteiger charge is -2.22. The standard InChI is InChI=1S/C20H25NO6/c1-11(2)21-12(3)17(20(23)27-7)14(19(21)22)8-13-9-15(24-4)18(26-6)16(10-13)25-5/h8-11H,1-7H3/b14-8-. The number of allylic oxidation sites excluding steroid dienone is 1. The van der Waals surface area contributed by atoms with Crippen LogP contribution in [-0.4, -0.2) is 51.3 Å². The lowest BCUT2D eigenvalue weighted by Crippen LogP contribution is -2.31. The maximum atomic E-state index is 12.9. The molecular weight excluding hydrogens is 350 g/mol. The second kappa shape index (κ2) is 8.16. The number of methoxy groups -OCH3 is 4. The molecule has 0 atom stereocenters. The zero-order valence-corrected chi connectivity index (χ0v) is 16.7. The first-order valence-corrected chi connectivity index (χ1v) is 8.45. The van der Waals surface area contributed by atoms with Crippen molar-refractivity contribution in [3.63, 3.8) is 0 Å². The summed E-state index contributed by atoms with van der Waals surface area (Å²) >= 11 is 0. The van der Waals surface area contributed by atoms with E-state index >= 15 is 0 Å². The number of benzene rings is 1. The van der Waals surface area contributed by atoms with Crippen LogP contribution in [0.15, 0.2) is 29.0 Å². The van der Waals surface area contributed by atoms with E-state index in [0.29, 0.717) is 28.5 Å². The summed E-state index contributed by atoms with van der Waals surface area (Å²) in [6, 6.07) is 3.33. The van der Waals surface area contributed by atoms with Crippen LogP contribution in [0, 0.1) is 0 Å². The zero-order valence-electron chi connectivity index (χ0n) is 16.7. The van der Waals surface area contributed by atoms with E-state index in [0.717, 1.165) is 0 Å². The first-order valence-electron chi connectivity index (χ1n) is 8.45. The van der Waals surface area contributed by atoms with Crippen LogP contribution in [0.2, 0.25) is 0 Å². The van der Waals surface area contributed by atoms with E-state index < -0.39 is 5.97 Å². The van der Waals surface area contributed by atoms with Gasteiger partial charge in [0.1, 0.15) is 0 Å². The van der Waals surface area contributed by atoms with Crippen LogP contribution in [0.25, 0.3) is 6.08 Å². The maximum absolute atomic E-state index is 12.9. The minimum absolute atomic E-state index is 0.0944. The molecule has 7 heteroatoms. The Morgan fingerprint density at radius 1 is 1.04 bits per heavy atom. The lowest BCUT2D eigenvalue weighted by molar-refractivity contribution is -0.136. The average molecular weight is 375 g/mol. The van der Waals surface area contributed by atoms with E-state index in [1.165, 1.54) is 28.4 Å². The van der Waals surface area contributed by atoms with Crippen LogP contribution in [0.5, 0.6) is 17.2 Å². The van der Waals surface area contributed by atoms with Crippen LogP contribution >= 0.6 is 0 Å². The van der Waals surface area contributed by atoms with E-state index in [1.54, 1.807) is 30.0 Å². The van der Waals surface area contributed by atoms with Crippen molar-refractivity contribution in [1.82, 2.24) is 4.90 Å². The summed E-state index contributed by atoms with van der Waals surface area (Å²) in [5.74, 6) is 0.549. The quantitative estimate of drug-likeness (QED) is 0.562. The molecule has 7 nitrogen and oxygen atoms in total. The third-order valence-electron chi connectivity index (χ3n) is 4.35. The zero-order chi connectivity index (χ0) is 20.3. The molecule has 1 aromatic rings. The van der Waals surface area contributed by atoms with Crippen LogP contribution in [-0.2, 0) is 14.3 Å². The lowest BCUT2D eigenvalue weighted by atomic mass is 10.0. The van der Waals surface area contributed by atoms with Gasteiger partial charge in [0.2, 0.25) is 5.75 Å². The Kier molecular flexibility index (Phi) is 6.15. The van der Waals surface area contributed by atoms with Crippen molar-refractivity contribution in [3.8, 4) is 17.2 Å². The van der Waals surface area contributed by atoms with Gasteiger partial charge in [0.05, 0.1) is 39.6 Å². The number of hydrogen-bond donors (Lipinski definition) is 0. The fourth-order valence-electron chi connectivity index (χ4n) is 3.17. The monoisotopic (exact) mass is 375 g/mol. The predicted octanol–water partition coefficient (Wildman–Crippen LogP) is 2.79. The molecule has 1 aromatic carbocycles. The van der Waals surface area contributed by atoms with Crippen LogP contribution < -0.4 is 14.2 Å². The van der Waals surface area contributed by atoms with Crippen molar-refractivity contribution >= 4 is 18.0 Å². The molecule has 0 aromatic heterocycles. The Balaban J connectivity index is 2.66. The SMILES string of the molecule is COC(=O)C1=C(C)N(C(C)C)C(=O)/C1=C\c1cc(OC)c(OC)c(OC)c1. The molecule has 1 amide bonds. The van der Waals surface area contributed by atoms with Gasteiger partial charge in [-0.05, 0) is 44.5 Å². The average Bonchev–Trinajstić information content (AvgIpc) is 2.89. The number of ether oxygens (including phenoxy) is 4. The Morgan fingerprint density at radius 3 is 2.00 bits per heavy atom.